The zero-order chi connectivity index (χ0) is 13.1. The second kappa shape index (κ2) is 5.06. The molecule has 0 aliphatic heterocycles. The van der Waals surface area contributed by atoms with Gasteiger partial charge in [-0.1, -0.05) is 18.2 Å². The number of rotatable bonds is 3. The average Bonchev–Trinajstić information content (AvgIpc) is 2.38. The van der Waals surface area contributed by atoms with Crippen LogP contribution >= 0.6 is 0 Å². The van der Waals surface area contributed by atoms with Crippen molar-refractivity contribution in [3.05, 3.63) is 59.4 Å². The minimum atomic E-state index is -0.878. The van der Waals surface area contributed by atoms with Crippen LogP contribution in [0.25, 0.3) is 0 Å². The fraction of sp³-hybridized carbons (Fsp3) is 0.143. The zero-order valence-corrected chi connectivity index (χ0v) is 9.93. The summed E-state index contributed by atoms with van der Waals surface area (Å²) in [6, 6.07) is 10.9. The molecule has 0 saturated carbocycles. The van der Waals surface area contributed by atoms with Crippen molar-refractivity contribution >= 4 is 5.69 Å². The molecule has 0 fully saturated rings. The summed E-state index contributed by atoms with van der Waals surface area (Å²) >= 11 is 0. The number of hydrogen-bond donors (Lipinski definition) is 2. The lowest BCUT2D eigenvalue weighted by Gasteiger charge is -2.14. The zero-order valence-electron chi connectivity index (χ0n) is 9.93. The van der Waals surface area contributed by atoms with Crippen LogP contribution in [0.15, 0.2) is 42.5 Å². The van der Waals surface area contributed by atoms with Gasteiger partial charge in [0.15, 0.2) is 0 Å². The van der Waals surface area contributed by atoms with Crippen LogP contribution in [0.4, 0.5) is 10.1 Å². The van der Waals surface area contributed by atoms with Crippen LogP contribution in [-0.2, 0) is 0 Å². The molecule has 0 saturated heterocycles. The highest BCUT2D eigenvalue weighted by Gasteiger charge is 2.13. The van der Waals surface area contributed by atoms with Crippen molar-refractivity contribution in [1.82, 2.24) is 0 Å². The standard InChI is InChI=1S/C14H14FNO2/c1-18-11-5-2-9(3-6-11)14(17)12-7-4-10(15)8-13(12)16/h2-8,14,17H,16H2,1H3. The number of methoxy groups -OCH3 is 1. The Morgan fingerprint density at radius 3 is 2.39 bits per heavy atom. The minimum absolute atomic E-state index is 0.235. The third kappa shape index (κ3) is 2.43. The predicted molar refractivity (Wildman–Crippen MR) is 67.9 cm³/mol. The van der Waals surface area contributed by atoms with Gasteiger partial charge in [-0.2, -0.15) is 0 Å². The van der Waals surface area contributed by atoms with Crippen LogP contribution in [0.3, 0.4) is 0 Å². The number of benzene rings is 2. The molecule has 1 unspecified atom stereocenters. The molecule has 0 spiro atoms. The maximum atomic E-state index is 12.9. The number of aliphatic hydroxyl groups is 1. The van der Waals surface area contributed by atoms with Gasteiger partial charge < -0.3 is 15.6 Å². The predicted octanol–water partition coefficient (Wildman–Crippen LogP) is 2.50. The van der Waals surface area contributed by atoms with Crippen molar-refractivity contribution in [3.63, 3.8) is 0 Å². The molecule has 2 aromatic rings. The molecule has 0 aliphatic rings. The summed E-state index contributed by atoms with van der Waals surface area (Å²) in [6.45, 7) is 0. The average molecular weight is 247 g/mol. The highest BCUT2D eigenvalue weighted by Crippen LogP contribution is 2.28. The molecule has 0 bridgehead atoms. The number of nitrogens with two attached hydrogens (primary N) is 1. The Morgan fingerprint density at radius 2 is 1.83 bits per heavy atom. The Balaban J connectivity index is 2.31. The fourth-order valence-electron chi connectivity index (χ4n) is 1.76. The number of ether oxygens (including phenoxy) is 1. The third-order valence-electron chi connectivity index (χ3n) is 2.77. The van der Waals surface area contributed by atoms with Gasteiger partial charge in [0.1, 0.15) is 17.7 Å². The summed E-state index contributed by atoms with van der Waals surface area (Å²) in [6.07, 6.45) is -0.878. The van der Waals surface area contributed by atoms with Gasteiger partial charge in [0.2, 0.25) is 0 Å². The van der Waals surface area contributed by atoms with Crippen molar-refractivity contribution in [3.8, 4) is 5.75 Å². The first-order chi connectivity index (χ1) is 8.61. The van der Waals surface area contributed by atoms with Crippen LogP contribution < -0.4 is 10.5 Å². The normalized spacial score (nSPS) is 12.2. The van der Waals surface area contributed by atoms with Gasteiger partial charge in [0, 0.05) is 11.3 Å². The van der Waals surface area contributed by atoms with Gasteiger partial charge in [-0.25, -0.2) is 4.39 Å². The maximum Gasteiger partial charge on any atom is 0.125 e. The lowest BCUT2D eigenvalue weighted by Crippen LogP contribution is -2.04. The molecule has 0 aromatic heterocycles. The number of anilines is 1. The number of hydrogen-bond acceptors (Lipinski definition) is 3. The van der Waals surface area contributed by atoms with Gasteiger partial charge in [-0.3, -0.25) is 0 Å². The maximum absolute atomic E-state index is 12.9. The summed E-state index contributed by atoms with van der Waals surface area (Å²) in [7, 11) is 1.57. The Labute approximate surface area is 105 Å². The summed E-state index contributed by atoms with van der Waals surface area (Å²) < 4.78 is 18.0. The summed E-state index contributed by atoms with van der Waals surface area (Å²) in [5.41, 5.74) is 7.09. The van der Waals surface area contributed by atoms with Gasteiger partial charge >= 0.3 is 0 Å². The Hall–Kier alpha value is -2.07. The largest absolute Gasteiger partial charge is 0.497 e. The van der Waals surface area contributed by atoms with Crippen LogP contribution in [0.5, 0.6) is 5.75 Å². The summed E-state index contributed by atoms with van der Waals surface area (Å²) in [5.74, 6) is 0.288. The van der Waals surface area contributed by atoms with Gasteiger partial charge in [0.25, 0.3) is 0 Å². The van der Waals surface area contributed by atoms with E-state index >= 15 is 0 Å². The SMILES string of the molecule is COc1ccc(C(O)c2ccc(F)cc2N)cc1. The second-order valence-corrected chi connectivity index (χ2v) is 3.95. The molecule has 0 radical (unpaired) electrons. The molecule has 2 aromatic carbocycles. The van der Waals surface area contributed by atoms with Crippen LogP contribution in [0.1, 0.15) is 17.2 Å². The monoisotopic (exact) mass is 247 g/mol. The molecule has 0 aliphatic carbocycles. The third-order valence-corrected chi connectivity index (χ3v) is 2.77. The van der Waals surface area contributed by atoms with Gasteiger partial charge in [-0.05, 0) is 29.8 Å². The topological polar surface area (TPSA) is 55.5 Å². The smallest absolute Gasteiger partial charge is 0.125 e. The summed E-state index contributed by atoms with van der Waals surface area (Å²) in [5, 5.41) is 10.2. The molecule has 0 heterocycles. The number of halogens is 1. The molecule has 1 atom stereocenters. The highest BCUT2D eigenvalue weighted by molar-refractivity contribution is 5.51. The van der Waals surface area contributed by atoms with E-state index in [1.165, 1.54) is 18.2 Å². The van der Waals surface area contributed by atoms with E-state index in [1.54, 1.807) is 31.4 Å². The van der Waals surface area contributed by atoms with Crippen molar-refractivity contribution in [2.75, 3.05) is 12.8 Å². The molecular weight excluding hydrogens is 233 g/mol. The molecule has 94 valence electrons. The van der Waals surface area contributed by atoms with Gasteiger partial charge in [0.05, 0.1) is 7.11 Å². The van der Waals surface area contributed by atoms with E-state index in [2.05, 4.69) is 0 Å². The molecule has 3 N–H and O–H groups in total. The molecule has 3 nitrogen and oxygen atoms in total. The number of nitrogen functional groups attached to an aromatic ring is 1. The summed E-state index contributed by atoms with van der Waals surface area (Å²) in [4.78, 5) is 0. The van der Waals surface area contributed by atoms with Crippen LogP contribution in [0.2, 0.25) is 0 Å². The van der Waals surface area contributed by atoms with E-state index in [-0.39, 0.29) is 5.69 Å². The van der Waals surface area contributed by atoms with Crippen molar-refractivity contribution in [2.24, 2.45) is 0 Å². The molecular formula is C14H14FNO2. The first-order valence-electron chi connectivity index (χ1n) is 5.48. The van der Waals surface area contributed by atoms with E-state index in [0.717, 1.165) is 0 Å². The molecule has 4 heteroatoms. The van der Waals surface area contributed by atoms with E-state index in [9.17, 15) is 9.50 Å². The lowest BCUT2D eigenvalue weighted by atomic mass is 10.00. The lowest BCUT2D eigenvalue weighted by molar-refractivity contribution is 0.221. The highest BCUT2D eigenvalue weighted by atomic mass is 19.1. The molecule has 0 amide bonds. The second-order valence-electron chi connectivity index (χ2n) is 3.95. The quantitative estimate of drug-likeness (QED) is 0.819. The van der Waals surface area contributed by atoms with Crippen LogP contribution in [0, 0.1) is 5.82 Å². The number of aliphatic hydroxyl groups excluding tert-OH is 1. The molecule has 2 rings (SSSR count). The first-order valence-corrected chi connectivity index (χ1v) is 5.48. The van der Waals surface area contributed by atoms with Crippen molar-refractivity contribution < 1.29 is 14.2 Å². The van der Waals surface area contributed by atoms with E-state index < -0.39 is 11.9 Å². The first kappa shape index (κ1) is 12.4. The van der Waals surface area contributed by atoms with E-state index in [4.69, 9.17) is 10.5 Å². The van der Waals surface area contributed by atoms with Crippen LogP contribution in [-0.4, -0.2) is 12.2 Å². The van der Waals surface area contributed by atoms with E-state index in [0.29, 0.717) is 16.9 Å². The van der Waals surface area contributed by atoms with Crippen molar-refractivity contribution in [1.29, 1.82) is 0 Å². The van der Waals surface area contributed by atoms with Gasteiger partial charge in [-0.15, -0.1) is 0 Å². The van der Waals surface area contributed by atoms with Crippen molar-refractivity contribution in [2.45, 2.75) is 6.10 Å². The van der Waals surface area contributed by atoms with E-state index in [1.807, 2.05) is 0 Å². The fourth-order valence-corrected chi connectivity index (χ4v) is 1.76. The Bertz CT molecular complexity index is 540. The molecule has 18 heavy (non-hydrogen) atoms. The minimum Gasteiger partial charge on any atom is -0.497 e. The Kier molecular flexibility index (Phi) is 3.48. The Morgan fingerprint density at radius 1 is 1.17 bits per heavy atom.